The lowest BCUT2D eigenvalue weighted by molar-refractivity contribution is 0.312. The fourth-order valence-corrected chi connectivity index (χ4v) is 4.85. The van der Waals surface area contributed by atoms with E-state index in [0.29, 0.717) is 0 Å². The van der Waals surface area contributed by atoms with E-state index in [2.05, 4.69) is 43.3 Å². The zero-order chi connectivity index (χ0) is 26.2. The first kappa shape index (κ1) is 31.0. The van der Waals surface area contributed by atoms with Gasteiger partial charge in [0.2, 0.25) is 0 Å². The number of rotatable bonds is 23. The second kappa shape index (κ2) is 21.8. The number of benzene rings is 2. The second-order valence-electron chi connectivity index (χ2n) is 10.8. The zero-order valence-corrected chi connectivity index (χ0v) is 23.9. The first-order valence-corrected chi connectivity index (χ1v) is 15.5. The van der Waals surface area contributed by atoms with E-state index in [1.807, 2.05) is 24.3 Å². The molecule has 0 aliphatic carbocycles. The van der Waals surface area contributed by atoms with E-state index in [1.54, 1.807) is 0 Å². The molecule has 0 saturated heterocycles. The molecule has 0 aliphatic rings. The van der Waals surface area contributed by atoms with Crippen molar-refractivity contribution in [3.05, 3.63) is 65.7 Å². The van der Waals surface area contributed by atoms with Crippen molar-refractivity contribution in [1.82, 2.24) is 0 Å². The maximum Gasteiger partial charge on any atom is 0.119 e. The Balaban J connectivity index is 1.37. The third-order valence-corrected chi connectivity index (χ3v) is 7.27. The van der Waals surface area contributed by atoms with Gasteiger partial charge in [0.15, 0.2) is 0 Å². The number of allylic oxidation sites excluding steroid dienone is 1. The Morgan fingerprint density at radius 3 is 1.65 bits per heavy atom. The highest BCUT2D eigenvalue weighted by atomic mass is 16.5. The Morgan fingerprint density at radius 1 is 0.595 bits per heavy atom. The predicted molar refractivity (Wildman–Crippen MR) is 164 cm³/mol. The lowest BCUT2D eigenvalue weighted by Crippen LogP contribution is -1.96. The molecule has 2 N–H and O–H groups in total. The lowest BCUT2D eigenvalue weighted by Gasteiger charge is -2.05. The Morgan fingerprint density at radius 2 is 1.11 bits per heavy atom. The summed E-state index contributed by atoms with van der Waals surface area (Å²) in [6.45, 7) is 3.02. The van der Waals surface area contributed by atoms with Gasteiger partial charge in [-0.1, -0.05) is 140 Å². The van der Waals surface area contributed by atoms with Gasteiger partial charge < -0.3 is 10.5 Å². The number of anilines is 1. The quantitative estimate of drug-likeness (QED) is 0.120. The molecule has 0 radical (unpaired) electrons. The highest BCUT2D eigenvalue weighted by Gasteiger charge is 1.97. The van der Waals surface area contributed by atoms with Crippen molar-refractivity contribution in [2.24, 2.45) is 0 Å². The van der Waals surface area contributed by atoms with Crippen molar-refractivity contribution in [3.8, 4) is 5.75 Å². The summed E-state index contributed by atoms with van der Waals surface area (Å²) in [5, 5.41) is 0. The van der Waals surface area contributed by atoms with Crippen molar-refractivity contribution < 1.29 is 4.74 Å². The molecule has 0 bridgehead atoms. The molecule has 0 atom stereocenters. The number of nitrogens with two attached hydrogens (primary N) is 1. The van der Waals surface area contributed by atoms with Crippen molar-refractivity contribution in [2.45, 2.75) is 129 Å². The normalized spacial score (nSPS) is 11.4. The molecule has 0 aliphatic heterocycles. The molecule has 2 nitrogen and oxygen atoms in total. The van der Waals surface area contributed by atoms with Crippen LogP contribution in [-0.2, 0) is 6.42 Å². The summed E-state index contributed by atoms with van der Waals surface area (Å²) in [4.78, 5) is 0. The van der Waals surface area contributed by atoms with Gasteiger partial charge in [0.05, 0.1) is 6.61 Å². The third-order valence-electron chi connectivity index (χ3n) is 7.27. The van der Waals surface area contributed by atoms with Crippen LogP contribution in [0.5, 0.6) is 5.75 Å². The number of hydrogen-bond acceptors (Lipinski definition) is 2. The van der Waals surface area contributed by atoms with Gasteiger partial charge >= 0.3 is 0 Å². The highest BCUT2D eigenvalue weighted by molar-refractivity contribution is 5.49. The molecule has 37 heavy (non-hydrogen) atoms. The Labute approximate surface area is 229 Å². The van der Waals surface area contributed by atoms with E-state index in [1.165, 1.54) is 120 Å². The first-order chi connectivity index (χ1) is 18.3. The number of unbranched alkanes of at least 4 members (excludes halogenated alkanes) is 16. The van der Waals surface area contributed by atoms with E-state index in [9.17, 15) is 0 Å². The number of ether oxygens (including phenoxy) is 1. The maximum absolute atomic E-state index is 5.75. The van der Waals surface area contributed by atoms with Crippen molar-refractivity contribution in [3.63, 3.8) is 0 Å². The van der Waals surface area contributed by atoms with Gasteiger partial charge in [-0.3, -0.25) is 0 Å². The second-order valence-corrected chi connectivity index (χ2v) is 10.8. The van der Waals surface area contributed by atoms with Gasteiger partial charge in [0, 0.05) is 5.69 Å². The SMILES string of the molecule is CCCCCCCCCCCCCCCCCCc1ccc(/C=C/CCCOc2ccc(N)cc2)cc1. The molecule has 2 rings (SSSR count). The summed E-state index contributed by atoms with van der Waals surface area (Å²) in [6, 6.07) is 16.7. The summed E-state index contributed by atoms with van der Waals surface area (Å²) < 4.78 is 5.75. The Bertz CT molecular complexity index is 793. The molecule has 0 spiro atoms. The number of hydrogen-bond donors (Lipinski definition) is 1. The third kappa shape index (κ3) is 17.0. The Kier molecular flexibility index (Phi) is 18.3. The molecule has 2 aromatic carbocycles. The summed E-state index contributed by atoms with van der Waals surface area (Å²) in [6.07, 6.45) is 30.6. The summed E-state index contributed by atoms with van der Waals surface area (Å²) >= 11 is 0. The van der Waals surface area contributed by atoms with Gasteiger partial charge in [0.25, 0.3) is 0 Å². The minimum absolute atomic E-state index is 0.729. The number of nitrogen functional groups attached to an aromatic ring is 1. The maximum atomic E-state index is 5.75. The minimum atomic E-state index is 0.729. The predicted octanol–water partition coefficient (Wildman–Crippen LogP) is 10.9. The van der Waals surface area contributed by atoms with Crippen molar-refractivity contribution >= 4 is 11.8 Å². The van der Waals surface area contributed by atoms with Gasteiger partial charge in [0.1, 0.15) is 5.75 Å². The average molecular weight is 506 g/mol. The van der Waals surface area contributed by atoms with Crippen LogP contribution in [0.15, 0.2) is 54.6 Å². The molecular weight excluding hydrogens is 450 g/mol. The molecule has 2 heteroatoms. The Hall–Kier alpha value is -2.22. The van der Waals surface area contributed by atoms with Crippen LogP contribution in [-0.4, -0.2) is 6.61 Å². The smallest absolute Gasteiger partial charge is 0.119 e. The van der Waals surface area contributed by atoms with Crippen LogP contribution in [0, 0.1) is 0 Å². The van der Waals surface area contributed by atoms with Crippen LogP contribution in [0.25, 0.3) is 6.08 Å². The van der Waals surface area contributed by atoms with Gasteiger partial charge in [-0.2, -0.15) is 0 Å². The first-order valence-electron chi connectivity index (χ1n) is 15.5. The number of aryl methyl sites for hydroxylation is 1. The molecule has 206 valence electrons. The van der Waals surface area contributed by atoms with E-state index >= 15 is 0 Å². The van der Waals surface area contributed by atoms with Gasteiger partial charge in [-0.15, -0.1) is 0 Å². The summed E-state index contributed by atoms with van der Waals surface area (Å²) in [7, 11) is 0. The fourth-order valence-electron chi connectivity index (χ4n) is 4.85. The standard InChI is InChI=1S/C35H55NO/c1-2-3-4-5-6-7-8-9-10-11-12-13-14-15-16-18-21-32-23-25-33(26-24-32)22-19-17-20-31-37-35-29-27-34(36)28-30-35/h19,22-30H,2-18,20-21,31,36H2,1H3/b22-19+. The van der Waals surface area contributed by atoms with Crippen LogP contribution < -0.4 is 10.5 Å². The molecule has 0 amide bonds. The van der Waals surface area contributed by atoms with Crippen LogP contribution in [0.3, 0.4) is 0 Å². The zero-order valence-electron chi connectivity index (χ0n) is 23.9. The van der Waals surface area contributed by atoms with E-state index in [-0.39, 0.29) is 0 Å². The minimum Gasteiger partial charge on any atom is -0.494 e. The highest BCUT2D eigenvalue weighted by Crippen LogP contribution is 2.16. The summed E-state index contributed by atoms with van der Waals surface area (Å²) in [5.74, 6) is 0.887. The molecular formula is C35H55NO. The van der Waals surface area contributed by atoms with E-state index in [4.69, 9.17) is 10.5 Å². The molecule has 0 aromatic heterocycles. The molecule has 0 heterocycles. The van der Waals surface area contributed by atoms with E-state index < -0.39 is 0 Å². The van der Waals surface area contributed by atoms with Crippen LogP contribution in [0.1, 0.15) is 134 Å². The van der Waals surface area contributed by atoms with Gasteiger partial charge in [-0.25, -0.2) is 0 Å². The monoisotopic (exact) mass is 505 g/mol. The van der Waals surface area contributed by atoms with Crippen molar-refractivity contribution in [1.29, 1.82) is 0 Å². The lowest BCUT2D eigenvalue weighted by atomic mass is 10.0. The van der Waals surface area contributed by atoms with Crippen molar-refractivity contribution in [2.75, 3.05) is 12.3 Å². The molecule has 2 aromatic rings. The average Bonchev–Trinajstić information content (AvgIpc) is 2.92. The molecule has 0 fully saturated rings. The largest absolute Gasteiger partial charge is 0.494 e. The summed E-state index contributed by atoms with van der Waals surface area (Å²) in [5.41, 5.74) is 9.23. The fraction of sp³-hybridized carbons (Fsp3) is 0.600. The van der Waals surface area contributed by atoms with Crippen LogP contribution >= 0.6 is 0 Å². The van der Waals surface area contributed by atoms with E-state index in [0.717, 1.165) is 30.9 Å². The van der Waals surface area contributed by atoms with Gasteiger partial charge in [-0.05, 0) is 61.1 Å². The molecule has 0 saturated carbocycles. The van der Waals surface area contributed by atoms with Crippen LogP contribution in [0.4, 0.5) is 5.69 Å². The van der Waals surface area contributed by atoms with Crippen LogP contribution in [0.2, 0.25) is 0 Å². The topological polar surface area (TPSA) is 35.2 Å². The molecule has 0 unspecified atom stereocenters.